The molecule has 100 valence electrons. The molecule has 1 saturated heterocycles. The largest absolute Gasteiger partial charge is 0.374 e. The van der Waals surface area contributed by atoms with Gasteiger partial charge in [-0.25, -0.2) is 4.39 Å². The highest BCUT2D eigenvalue weighted by molar-refractivity contribution is 6.30. The predicted molar refractivity (Wildman–Crippen MR) is 71.3 cm³/mol. The number of hydrogen-bond acceptors (Lipinski definition) is 2. The summed E-state index contributed by atoms with van der Waals surface area (Å²) in [7, 11) is 0. The standard InChI is InChI=1S/C14H19ClFNO/c1-14(6-2-3-7-18-14)13(17)9-10-4-5-12(16)11(15)8-10/h4-5,8,13H,2-3,6-7,9,17H2,1H3. The molecule has 1 heterocycles. The van der Waals surface area contributed by atoms with Gasteiger partial charge < -0.3 is 10.5 Å². The van der Waals surface area contributed by atoms with E-state index >= 15 is 0 Å². The molecule has 1 aromatic carbocycles. The topological polar surface area (TPSA) is 35.2 Å². The zero-order chi connectivity index (χ0) is 13.2. The van der Waals surface area contributed by atoms with Gasteiger partial charge in [0.05, 0.1) is 10.6 Å². The maximum absolute atomic E-state index is 13.1. The van der Waals surface area contributed by atoms with Crippen molar-refractivity contribution in [2.45, 2.75) is 44.2 Å². The normalized spacial score (nSPS) is 26.0. The molecule has 1 fully saturated rings. The lowest BCUT2D eigenvalue weighted by molar-refractivity contribution is -0.0808. The third kappa shape index (κ3) is 3.02. The van der Waals surface area contributed by atoms with Crippen molar-refractivity contribution in [3.63, 3.8) is 0 Å². The third-order valence-electron chi connectivity index (χ3n) is 3.72. The average Bonchev–Trinajstić information content (AvgIpc) is 2.35. The smallest absolute Gasteiger partial charge is 0.141 e. The number of hydrogen-bond donors (Lipinski definition) is 1. The molecule has 2 nitrogen and oxygen atoms in total. The highest BCUT2D eigenvalue weighted by atomic mass is 35.5. The van der Waals surface area contributed by atoms with Crippen molar-refractivity contribution in [1.29, 1.82) is 0 Å². The van der Waals surface area contributed by atoms with Gasteiger partial charge in [-0.05, 0) is 50.3 Å². The Morgan fingerprint density at radius 2 is 2.28 bits per heavy atom. The SMILES string of the molecule is CC1(C(N)Cc2ccc(F)c(Cl)c2)CCCCO1. The number of rotatable bonds is 3. The summed E-state index contributed by atoms with van der Waals surface area (Å²) in [5.74, 6) is -0.394. The molecule has 1 aromatic rings. The van der Waals surface area contributed by atoms with Crippen LogP contribution in [0.25, 0.3) is 0 Å². The second-order valence-corrected chi connectivity index (χ2v) is 5.58. The lowest BCUT2D eigenvalue weighted by Crippen LogP contribution is -2.50. The van der Waals surface area contributed by atoms with Gasteiger partial charge in [0.15, 0.2) is 0 Å². The summed E-state index contributed by atoms with van der Waals surface area (Å²) in [5, 5.41) is 0.148. The minimum atomic E-state index is -0.394. The molecule has 2 rings (SSSR count). The molecule has 0 spiro atoms. The quantitative estimate of drug-likeness (QED) is 0.915. The van der Waals surface area contributed by atoms with E-state index in [2.05, 4.69) is 6.92 Å². The summed E-state index contributed by atoms with van der Waals surface area (Å²) in [4.78, 5) is 0. The zero-order valence-corrected chi connectivity index (χ0v) is 11.3. The van der Waals surface area contributed by atoms with E-state index in [1.54, 1.807) is 12.1 Å². The maximum Gasteiger partial charge on any atom is 0.141 e. The molecule has 0 aliphatic carbocycles. The fraction of sp³-hybridized carbons (Fsp3) is 0.571. The maximum atomic E-state index is 13.1. The molecule has 1 aliphatic rings. The van der Waals surface area contributed by atoms with E-state index in [9.17, 15) is 4.39 Å². The van der Waals surface area contributed by atoms with Crippen molar-refractivity contribution < 1.29 is 9.13 Å². The van der Waals surface area contributed by atoms with Crippen LogP contribution >= 0.6 is 11.6 Å². The first-order valence-corrected chi connectivity index (χ1v) is 6.72. The molecule has 0 radical (unpaired) electrons. The number of ether oxygens (including phenoxy) is 1. The van der Waals surface area contributed by atoms with E-state index in [0.29, 0.717) is 6.42 Å². The summed E-state index contributed by atoms with van der Waals surface area (Å²) < 4.78 is 18.9. The van der Waals surface area contributed by atoms with Gasteiger partial charge in [-0.2, -0.15) is 0 Å². The van der Waals surface area contributed by atoms with Crippen LogP contribution in [0, 0.1) is 5.82 Å². The number of benzene rings is 1. The molecule has 0 aromatic heterocycles. The highest BCUT2D eigenvalue weighted by Crippen LogP contribution is 2.29. The molecule has 0 bridgehead atoms. The Bertz CT molecular complexity index is 418. The molecule has 0 saturated carbocycles. The zero-order valence-electron chi connectivity index (χ0n) is 10.6. The third-order valence-corrected chi connectivity index (χ3v) is 4.01. The fourth-order valence-electron chi connectivity index (χ4n) is 2.38. The molecule has 2 N–H and O–H groups in total. The van der Waals surface area contributed by atoms with Gasteiger partial charge in [0.1, 0.15) is 5.82 Å². The Balaban J connectivity index is 2.05. The Kier molecular flexibility index (Phi) is 4.25. The van der Waals surface area contributed by atoms with Gasteiger partial charge in [-0.1, -0.05) is 17.7 Å². The van der Waals surface area contributed by atoms with Crippen LogP contribution in [0.1, 0.15) is 31.7 Å². The van der Waals surface area contributed by atoms with E-state index in [1.807, 2.05) is 0 Å². The summed E-state index contributed by atoms with van der Waals surface area (Å²) in [6.45, 7) is 2.83. The van der Waals surface area contributed by atoms with Crippen LogP contribution in [0.3, 0.4) is 0 Å². The Morgan fingerprint density at radius 3 is 2.89 bits per heavy atom. The molecule has 1 aliphatic heterocycles. The van der Waals surface area contributed by atoms with Crippen molar-refractivity contribution in [1.82, 2.24) is 0 Å². The van der Waals surface area contributed by atoms with Crippen molar-refractivity contribution in [3.8, 4) is 0 Å². The van der Waals surface area contributed by atoms with E-state index in [0.717, 1.165) is 31.4 Å². The van der Waals surface area contributed by atoms with Gasteiger partial charge in [0.25, 0.3) is 0 Å². The van der Waals surface area contributed by atoms with Crippen LogP contribution in [0.15, 0.2) is 18.2 Å². The van der Waals surface area contributed by atoms with Gasteiger partial charge in [0.2, 0.25) is 0 Å². The van der Waals surface area contributed by atoms with Gasteiger partial charge in [-0.3, -0.25) is 0 Å². The lowest BCUT2D eigenvalue weighted by Gasteiger charge is -2.39. The van der Waals surface area contributed by atoms with Gasteiger partial charge in [-0.15, -0.1) is 0 Å². The molecular weight excluding hydrogens is 253 g/mol. The molecule has 18 heavy (non-hydrogen) atoms. The van der Waals surface area contributed by atoms with Crippen LogP contribution in [0.5, 0.6) is 0 Å². The summed E-state index contributed by atoms with van der Waals surface area (Å²) >= 11 is 5.77. The predicted octanol–water partition coefficient (Wildman–Crippen LogP) is 3.31. The van der Waals surface area contributed by atoms with Crippen LogP contribution in [0.4, 0.5) is 4.39 Å². The Morgan fingerprint density at radius 1 is 1.50 bits per heavy atom. The van der Waals surface area contributed by atoms with Crippen molar-refractivity contribution in [2.75, 3.05) is 6.61 Å². The van der Waals surface area contributed by atoms with Crippen LogP contribution in [-0.4, -0.2) is 18.2 Å². The molecule has 4 heteroatoms. The summed E-state index contributed by atoms with van der Waals surface area (Å²) in [6.07, 6.45) is 3.87. The molecule has 0 amide bonds. The average molecular weight is 272 g/mol. The van der Waals surface area contributed by atoms with Crippen molar-refractivity contribution in [3.05, 3.63) is 34.6 Å². The second kappa shape index (κ2) is 5.55. The first-order valence-electron chi connectivity index (χ1n) is 6.35. The lowest BCUT2D eigenvalue weighted by atomic mass is 9.85. The van der Waals surface area contributed by atoms with E-state index in [4.69, 9.17) is 22.1 Å². The highest BCUT2D eigenvalue weighted by Gasteiger charge is 2.34. The van der Waals surface area contributed by atoms with Gasteiger partial charge >= 0.3 is 0 Å². The summed E-state index contributed by atoms with van der Waals surface area (Å²) in [5.41, 5.74) is 6.91. The second-order valence-electron chi connectivity index (χ2n) is 5.18. The summed E-state index contributed by atoms with van der Waals surface area (Å²) in [6, 6.07) is 4.66. The number of halogens is 2. The Hall–Kier alpha value is -0.640. The van der Waals surface area contributed by atoms with E-state index in [1.165, 1.54) is 6.07 Å². The first-order chi connectivity index (χ1) is 8.51. The number of nitrogens with two attached hydrogens (primary N) is 1. The van der Waals surface area contributed by atoms with Crippen molar-refractivity contribution in [2.24, 2.45) is 5.73 Å². The minimum absolute atomic E-state index is 0.0978. The Labute approximate surface area is 112 Å². The minimum Gasteiger partial charge on any atom is -0.374 e. The first kappa shape index (κ1) is 13.8. The van der Waals surface area contributed by atoms with Crippen LogP contribution < -0.4 is 5.73 Å². The monoisotopic (exact) mass is 271 g/mol. The van der Waals surface area contributed by atoms with Crippen LogP contribution in [-0.2, 0) is 11.2 Å². The fourth-order valence-corrected chi connectivity index (χ4v) is 2.59. The van der Waals surface area contributed by atoms with Crippen molar-refractivity contribution >= 4 is 11.6 Å². The van der Waals surface area contributed by atoms with E-state index < -0.39 is 5.82 Å². The molecular formula is C14H19ClFNO. The molecule has 2 unspecified atom stereocenters. The van der Waals surface area contributed by atoms with Crippen LogP contribution in [0.2, 0.25) is 5.02 Å². The van der Waals surface area contributed by atoms with Gasteiger partial charge in [0, 0.05) is 12.6 Å². The van der Waals surface area contributed by atoms with E-state index in [-0.39, 0.29) is 16.7 Å². The molecule has 2 atom stereocenters.